The second kappa shape index (κ2) is 10.9. The Morgan fingerprint density at radius 3 is 2.32 bits per heavy atom. The van der Waals surface area contributed by atoms with Crippen molar-refractivity contribution in [1.82, 2.24) is 0 Å². The second-order valence-electron chi connectivity index (χ2n) is 11.0. The van der Waals surface area contributed by atoms with Crippen LogP contribution in [0.4, 0.5) is 16.2 Å². The van der Waals surface area contributed by atoms with E-state index in [1.807, 2.05) is 56.3 Å². The van der Waals surface area contributed by atoms with Gasteiger partial charge in [-0.3, -0.25) is 9.69 Å². The van der Waals surface area contributed by atoms with Gasteiger partial charge in [0.15, 0.2) is 0 Å². The number of amides is 2. The van der Waals surface area contributed by atoms with Crippen LogP contribution in [-0.4, -0.2) is 31.3 Å². The summed E-state index contributed by atoms with van der Waals surface area (Å²) in [5.74, 6) is 1.57. The molecular formula is C32H36N2O4. The summed E-state index contributed by atoms with van der Waals surface area (Å²) >= 11 is 0. The molecule has 6 nitrogen and oxygen atoms in total. The van der Waals surface area contributed by atoms with Crippen molar-refractivity contribution >= 4 is 23.4 Å². The molecule has 1 aliphatic carbocycles. The number of fused-ring (bicyclic) bond motifs is 1. The van der Waals surface area contributed by atoms with Crippen LogP contribution in [-0.2, 0) is 9.53 Å². The van der Waals surface area contributed by atoms with Gasteiger partial charge in [0.05, 0.1) is 19.3 Å². The van der Waals surface area contributed by atoms with Gasteiger partial charge in [0, 0.05) is 12.1 Å². The highest BCUT2D eigenvalue weighted by atomic mass is 16.5. The number of carbonyl (C=O) groups is 2. The average molecular weight is 513 g/mol. The van der Waals surface area contributed by atoms with E-state index >= 15 is 0 Å². The Kier molecular flexibility index (Phi) is 7.41. The molecule has 2 amide bonds. The summed E-state index contributed by atoms with van der Waals surface area (Å²) in [6, 6.07) is 24.2. The fraction of sp³-hybridized carbons (Fsp3) is 0.375. The molecule has 1 saturated carbocycles. The van der Waals surface area contributed by atoms with Crippen LogP contribution in [0, 0.1) is 5.92 Å². The number of methoxy groups -OCH3 is 1. The van der Waals surface area contributed by atoms with Crippen LogP contribution in [0.1, 0.15) is 57.4 Å². The van der Waals surface area contributed by atoms with E-state index in [0.717, 1.165) is 48.2 Å². The van der Waals surface area contributed by atoms with E-state index < -0.39 is 5.60 Å². The standard InChI is InChI=1S/C32H36N2O4/c1-32(2)21-34(31(36)33-27-7-5-4-6-8-27)28-18-17-26(20-29(28)38-32)25-15-13-24(14-16-25)23-11-9-22(10-12-23)19-30(35)37-3/h4-8,13-18,20,22-23H,9-12,19,21H2,1-3H3,(H,33,36). The number of carbonyl (C=O) groups excluding carboxylic acids is 2. The second-order valence-corrected chi connectivity index (χ2v) is 11.0. The summed E-state index contributed by atoms with van der Waals surface area (Å²) in [5, 5.41) is 3.00. The van der Waals surface area contributed by atoms with Crippen molar-refractivity contribution in [2.75, 3.05) is 23.9 Å². The highest BCUT2D eigenvalue weighted by Crippen LogP contribution is 2.41. The van der Waals surface area contributed by atoms with Crippen LogP contribution in [0.15, 0.2) is 72.8 Å². The van der Waals surface area contributed by atoms with E-state index in [9.17, 15) is 9.59 Å². The Hall–Kier alpha value is -3.80. The molecule has 1 N–H and O–H groups in total. The van der Waals surface area contributed by atoms with Crippen LogP contribution in [0.3, 0.4) is 0 Å². The Labute approximate surface area is 225 Å². The van der Waals surface area contributed by atoms with Crippen molar-refractivity contribution in [1.29, 1.82) is 0 Å². The molecule has 0 aromatic heterocycles. The molecule has 0 spiro atoms. The van der Waals surface area contributed by atoms with Gasteiger partial charge in [-0.2, -0.15) is 0 Å². The minimum atomic E-state index is -0.518. The lowest BCUT2D eigenvalue weighted by Gasteiger charge is -2.39. The van der Waals surface area contributed by atoms with Gasteiger partial charge in [-0.15, -0.1) is 0 Å². The maximum Gasteiger partial charge on any atom is 0.326 e. The predicted octanol–water partition coefficient (Wildman–Crippen LogP) is 7.40. The molecule has 3 aromatic rings. The third kappa shape index (κ3) is 5.85. The fourth-order valence-corrected chi connectivity index (χ4v) is 5.65. The summed E-state index contributed by atoms with van der Waals surface area (Å²) < 4.78 is 11.2. The molecule has 5 rings (SSSR count). The highest BCUT2D eigenvalue weighted by Gasteiger charge is 2.35. The lowest BCUT2D eigenvalue weighted by Crippen LogP contribution is -2.50. The first-order chi connectivity index (χ1) is 18.3. The summed E-state index contributed by atoms with van der Waals surface area (Å²) in [4.78, 5) is 26.5. The van der Waals surface area contributed by atoms with E-state index in [1.165, 1.54) is 12.7 Å². The van der Waals surface area contributed by atoms with Crippen molar-refractivity contribution in [3.63, 3.8) is 0 Å². The van der Waals surface area contributed by atoms with Crippen LogP contribution >= 0.6 is 0 Å². The molecule has 1 fully saturated rings. The normalized spacial score (nSPS) is 20.1. The van der Waals surface area contributed by atoms with Gasteiger partial charge in [0.2, 0.25) is 0 Å². The number of urea groups is 1. The van der Waals surface area contributed by atoms with E-state index in [0.29, 0.717) is 30.6 Å². The van der Waals surface area contributed by atoms with Gasteiger partial charge in [-0.1, -0.05) is 48.5 Å². The Morgan fingerprint density at radius 1 is 0.947 bits per heavy atom. The number of rotatable bonds is 5. The first kappa shape index (κ1) is 25.8. The van der Waals surface area contributed by atoms with E-state index in [2.05, 4.69) is 35.6 Å². The maximum absolute atomic E-state index is 13.2. The monoisotopic (exact) mass is 512 g/mol. The number of nitrogens with zero attached hydrogens (tertiary/aromatic N) is 1. The molecule has 0 bridgehead atoms. The topological polar surface area (TPSA) is 67.9 Å². The Morgan fingerprint density at radius 2 is 1.63 bits per heavy atom. The van der Waals surface area contributed by atoms with E-state index in [4.69, 9.17) is 9.47 Å². The number of anilines is 2. The summed E-state index contributed by atoms with van der Waals surface area (Å²) in [6.45, 7) is 4.45. The third-order valence-corrected chi connectivity index (χ3v) is 7.69. The number of nitrogens with one attached hydrogen (secondary N) is 1. The van der Waals surface area contributed by atoms with Gasteiger partial charge in [-0.05, 0) is 92.3 Å². The molecule has 1 heterocycles. The number of para-hydroxylation sites is 1. The third-order valence-electron chi connectivity index (χ3n) is 7.69. The minimum absolute atomic E-state index is 0.102. The van der Waals surface area contributed by atoms with Crippen molar-refractivity contribution in [3.05, 3.63) is 78.4 Å². The number of ether oxygens (including phenoxy) is 2. The first-order valence-electron chi connectivity index (χ1n) is 13.4. The van der Waals surface area contributed by atoms with Gasteiger partial charge >= 0.3 is 12.0 Å². The largest absolute Gasteiger partial charge is 0.484 e. The molecule has 6 heteroatoms. The maximum atomic E-state index is 13.2. The molecule has 38 heavy (non-hydrogen) atoms. The number of hydrogen-bond donors (Lipinski definition) is 1. The zero-order chi connectivity index (χ0) is 26.7. The van der Waals surface area contributed by atoms with E-state index in [-0.39, 0.29) is 12.0 Å². The average Bonchev–Trinajstić information content (AvgIpc) is 2.92. The SMILES string of the molecule is COC(=O)CC1CCC(c2ccc(-c3ccc4c(c3)OC(C)(C)CN4C(=O)Nc3ccccc3)cc2)CC1. The molecule has 0 atom stereocenters. The van der Waals surface area contributed by atoms with Gasteiger partial charge in [-0.25, -0.2) is 4.79 Å². The lowest BCUT2D eigenvalue weighted by atomic mass is 9.77. The Bertz CT molecular complexity index is 1280. The Balaban J connectivity index is 1.30. The van der Waals surface area contributed by atoms with Crippen molar-refractivity contribution in [2.24, 2.45) is 5.92 Å². The van der Waals surface area contributed by atoms with E-state index in [1.54, 1.807) is 4.90 Å². The van der Waals surface area contributed by atoms with Crippen LogP contribution in [0.5, 0.6) is 5.75 Å². The summed E-state index contributed by atoms with van der Waals surface area (Å²) in [5.41, 5.74) is 4.53. The molecule has 198 valence electrons. The highest BCUT2D eigenvalue weighted by molar-refractivity contribution is 6.03. The molecule has 0 radical (unpaired) electrons. The van der Waals surface area contributed by atoms with Crippen LogP contribution < -0.4 is 15.0 Å². The summed E-state index contributed by atoms with van der Waals surface area (Å²) in [6.07, 6.45) is 4.86. The zero-order valence-electron chi connectivity index (χ0n) is 22.4. The molecule has 0 saturated heterocycles. The van der Waals surface area contributed by atoms with Gasteiger partial charge in [0.25, 0.3) is 0 Å². The molecule has 2 aliphatic rings. The zero-order valence-corrected chi connectivity index (χ0v) is 22.4. The first-order valence-corrected chi connectivity index (χ1v) is 13.4. The quantitative estimate of drug-likeness (QED) is 0.362. The number of esters is 1. The predicted molar refractivity (Wildman–Crippen MR) is 151 cm³/mol. The minimum Gasteiger partial charge on any atom is -0.484 e. The van der Waals surface area contributed by atoms with Gasteiger partial charge in [0.1, 0.15) is 11.4 Å². The van der Waals surface area contributed by atoms with Crippen molar-refractivity contribution in [3.8, 4) is 16.9 Å². The molecule has 3 aromatic carbocycles. The molecule has 0 unspecified atom stereocenters. The van der Waals surface area contributed by atoms with Crippen LogP contribution in [0.2, 0.25) is 0 Å². The smallest absolute Gasteiger partial charge is 0.326 e. The van der Waals surface area contributed by atoms with Crippen molar-refractivity contribution in [2.45, 2.75) is 57.5 Å². The number of hydrogen-bond acceptors (Lipinski definition) is 4. The van der Waals surface area contributed by atoms with Crippen molar-refractivity contribution < 1.29 is 19.1 Å². The number of benzene rings is 3. The molecule has 1 aliphatic heterocycles. The van der Waals surface area contributed by atoms with Gasteiger partial charge < -0.3 is 14.8 Å². The molecular weight excluding hydrogens is 476 g/mol. The lowest BCUT2D eigenvalue weighted by molar-refractivity contribution is -0.142. The summed E-state index contributed by atoms with van der Waals surface area (Å²) in [7, 11) is 1.46. The van der Waals surface area contributed by atoms with Crippen LogP contribution in [0.25, 0.3) is 11.1 Å². The fourth-order valence-electron chi connectivity index (χ4n) is 5.65.